The number of phenolic OH excluding ortho intramolecular Hbond substituents is 1. The number of aromatic hydroxyl groups is 1. The number of hydrogen-bond donors (Lipinski definition) is 3. The van der Waals surface area contributed by atoms with Gasteiger partial charge in [0, 0.05) is 25.2 Å². The number of hydrogen-bond acceptors (Lipinski definition) is 6. The second-order valence-electron chi connectivity index (χ2n) is 10.0. The highest BCUT2D eigenvalue weighted by Gasteiger charge is 2.25. The van der Waals surface area contributed by atoms with Gasteiger partial charge in [0.25, 0.3) is 5.91 Å². The third kappa shape index (κ3) is 8.12. The molecule has 2 aromatic carbocycles. The van der Waals surface area contributed by atoms with Crippen LogP contribution in [0.5, 0.6) is 11.5 Å². The van der Waals surface area contributed by atoms with E-state index in [0.717, 1.165) is 37.3 Å². The fourth-order valence-electron chi connectivity index (χ4n) is 5.17. The maximum atomic E-state index is 13.8. The lowest BCUT2D eigenvalue weighted by atomic mass is 9.94. The number of nitrogens with zero attached hydrogens (tertiary/aromatic N) is 1. The van der Waals surface area contributed by atoms with Crippen molar-refractivity contribution in [3.05, 3.63) is 53.1 Å². The van der Waals surface area contributed by atoms with Crippen molar-refractivity contribution in [2.45, 2.75) is 57.4 Å². The Morgan fingerprint density at radius 1 is 1.08 bits per heavy atom. The van der Waals surface area contributed by atoms with E-state index < -0.39 is 11.6 Å². The quantitative estimate of drug-likeness (QED) is 0.261. The lowest BCUT2D eigenvalue weighted by Crippen LogP contribution is -2.45. The number of anilines is 1. The van der Waals surface area contributed by atoms with Crippen LogP contribution < -0.4 is 15.4 Å². The number of halogens is 2. The van der Waals surface area contributed by atoms with Gasteiger partial charge in [-0.25, -0.2) is 8.78 Å². The number of phenols is 1. The van der Waals surface area contributed by atoms with Crippen molar-refractivity contribution in [2.24, 2.45) is 0 Å². The van der Waals surface area contributed by atoms with Crippen molar-refractivity contribution in [1.29, 1.82) is 0 Å². The number of ether oxygens (including phenoxy) is 2. The minimum Gasteiger partial charge on any atom is -0.506 e. The molecular weight excluding hydrogens is 508 g/mol. The number of benzene rings is 2. The predicted octanol–water partition coefficient (Wildman–Crippen LogP) is 3.94. The van der Waals surface area contributed by atoms with Crippen LogP contribution in [-0.4, -0.2) is 67.3 Å². The monoisotopic (exact) mass is 545 g/mol. The van der Waals surface area contributed by atoms with Crippen LogP contribution >= 0.6 is 0 Å². The van der Waals surface area contributed by atoms with Gasteiger partial charge in [-0.1, -0.05) is 31.4 Å². The van der Waals surface area contributed by atoms with Crippen LogP contribution in [0.25, 0.3) is 0 Å². The molecule has 39 heavy (non-hydrogen) atoms. The molecule has 1 heterocycles. The van der Waals surface area contributed by atoms with Crippen molar-refractivity contribution in [3.8, 4) is 11.5 Å². The molecule has 2 amide bonds. The second-order valence-corrected chi connectivity index (χ2v) is 10.0. The van der Waals surface area contributed by atoms with Crippen LogP contribution in [0.15, 0.2) is 30.3 Å². The van der Waals surface area contributed by atoms with Crippen molar-refractivity contribution >= 4 is 17.5 Å². The topological polar surface area (TPSA) is 100 Å². The first kappa shape index (κ1) is 28.8. The van der Waals surface area contributed by atoms with Crippen molar-refractivity contribution in [1.82, 2.24) is 10.2 Å². The molecule has 4 rings (SSSR count). The second kappa shape index (κ2) is 14.2. The predicted molar refractivity (Wildman–Crippen MR) is 143 cm³/mol. The summed E-state index contributed by atoms with van der Waals surface area (Å²) in [6.07, 6.45) is 6.63. The van der Waals surface area contributed by atoms with Crippen molar-refractivity contribution in [3.63, 3.8) is 0 Å². The molecular formula is C29H37F2N3O5. The Morgan fingerprint density at radius 3 is 2.67 bits per heavy atom. The molecule has 1 aliphatic carbocycles. The number of nitrogens with one attached hydrogen (secondary N) is 2. The lowest BCUT2D eigenvalue weighted by Gasteiger charge is -2.34. The zero-order valence-electron chi connectivity index (χ0n) is 22.1. The van der Waals surface area contributed by atoms with Gasteiger partial charge in [0.05, 0.1) is 19.6 Å². The Bertz CT molecular complexity index is 1140. The first-order valence-corrected chi connectivity index (χ1v) is 13.7. The molecule has 10 heteroatoms. The van der Waals surface area contributed by atoms with Crippen LogP contribution in [0.4, 0.5) is 14.5 Å². The Morgan fingerprint density at radius 2 is 1.87 bits per heavy atom. The van der Waals surface area contributed by atoms with Gasteiger partial charge in [-0.3, -0.25) is 9.59 Å². The van der Waals surface area contributed by atoms with Crippen LogP contribution in [-0.2, 0) is 27.2 Å². The fraction of sp³-hybridized carbons (Fsp3) is 0.517. The average Bonchev–Trinajstić information content (AvgIpc) is 2.93. The van der Waals surface area contributed by atoms with Gasteiger partial charge in [-0.05, 0) is 55.5 Å². The summed E-state index contributed by atoms with van der Waals surface area (Å²) in [4.78, 5) is 26.7. The van der Waals surface area contributed by atoms with Gasteiger partial charge in [-0.15, -0.1) is 0 Å². The van der Waals surface area contributed by atoms with E-state index in [1.165, 1.54) is 18.6 Å². The number of carbonyl (C=O) groups excluding carboxylic acids is 2. The molecule has 0 atom stereocenters. The Hall–Kier alpha value is -3.24. The van der Waals surface area contributed by atoms with Gasteiger partial charge >= 0.3 is 0 Å². The van der Waals surface area contributed by atoms with Gasteiger partial charge < -0.3 is 30.1 Å². The van der Waals surface area contributed by atoms with E-state index in [1.54, 1.807) is 12.1 Å². The summed E-state index contributed by atoms with van der Waals surface area (Å²) < 4.78 is 38.0. The highest BCUT2D eigenvalue weighted by atomic mass is 19.1. The van der Waals surface area contributed by atoms with Crippen LogP contribution in [0.2, 0.25) is 0 Å². The largest absolute Gasteiger partial charge is 0.506 e. The molecule has 1 aliphatic heterocycles. The number of rotatable bonds is 13. The minimum absolute atomic E-state index is 0.0250. The molecule has 2 aliphatic rings. The SMILES string of the molecule is O=C1COc2c(CCNCCN(C(=O)CCOCCc3ccc(F)cc3F)C3CCCCC3)ccc(O)c2N1. The minimum atomic E-state index is -0.608. The molecule has 3 N–H and O–H groups in total. The molecule has 0 saturated heterocycles. The fourth-order valence-corrected chi connectivity index (χ4v) is 5.17. The van der Waals surface area contributed by atoms with Gasteiger partial charge in [0.15, 0.2) is 12.4 Å². The zero-order chi connectivity index (χ0) is 27.6. The highest BCUT2D eigenvalue weighted by molar-refractivity contribution is 5.97. The molecule has 0 bridgehead atoms. The highest BCUT2D eigenvalue weighted by Crippen LogP contribution is 2.39. The van der Waals surface area contributed by atoms with Crippen LogP contribution in [0.1, 0.15) is 49.7 Å². The molecule has 0 unspecified atom stereocenters. The van der Waals surface area contributed by atoms with Gasteiger partial charge in [-0.2, -0.15) is 0 Å². The Balaban J connectivity index is 1.21. The average molecular weight is 546 g/mol. The molecule has 8 nitrogen and oxygen atoms in total. The molecule has 1 fully saturated rings. The summed E-state index contributed by atoms with van der Waals surface area (Å²) in [5.41, 5.74) is 1.58. The molecule has 0 radical (unpaired) electrons. The molecule has 0 aromatic heterocycles. The van der Waals surface area contributed by atoms with E-state index in [0.29, 0.717) is 49.5 Å². The first-order chi connectivity index (χ1) is 18.9. The summed E-state index contributed by atoms with van der Waals surface area (Å²) in [6, 6.07) is 7.06. The van der Waals surface area contributed by atoms with E-state index in [-0.39, 0.29) is 49.8 Å². The van der Waals surface area contributed by atoms with Crippen molar-refractivity contribution < 1.29 is 33.0 Å². The lowest BCUT2D eigenvalue weighted by molar-refractivity contribution is -0.135. The third-order valence-corrected chi connectivity index (χ3v) is 7.26. The van der Waals surface area contributed by atoms with Crippen LogP contribution in [0, 0.1) is 11.6 Å². The van der Waals surface area contributed by atoms with E-state index >= 15 is 0 Å². The number of carbonyl (C=O) groups is 2. The molecule has 212 valence electrons. The molecule has 1 saturated carbocycles. The standard InChI is InChI=1S/C29H37F2N3O5/c30-22-8-6-20(24(31)18-22)11-16-38-17-12-27(37)34(23-4-2-1-3-5-23)15-14-32-13-10-21-7-9-25(35)28-29(21)39-19-26(36)33-28/h6-9,18,23,32,35H,1-5,10-17,19H2,(H,33,36). The maximum Gasteiger partial charge on any atom is 0.262 e. The first-order valence-electron chi connectivity index (χ1n) is 13.7. The molecule has 0 spiro atoms. The van der Waals surface area contributed by atoms with Gasteiger partial charge in [0.2, 0.25) is 5.91 Å². The summed E-state index contributed by atoms with van der Waals surface area (Å²) in [5, 5.41) is 16.1. The van der Waals surface area contributed by atoms with E-state index in [9.17, 15) is 23.5 Å². The van der Waals surface area contributed by atoms with E-state index in [4.69, 9.17) is 9.47 Å². The Labute approximate surface area is 227 Å². The van der Waals surface area contributed by atoms with E-state index in [2.05, 4.69) is 10.6 Å². The summed E-state index contributed by atoms with van der Waals surface area (Å²) in [5.74, 6) is -0.972. The number of amides is 2. The summed E-state index contributed by atoms with van der Waals surface area (Å²) in [7, 11) is 0. The van der Waals surface area contributed by atoms with E-state index in [1.807, 2.05) is 4.90 Å². The molecule has 2 aromatic rings. The zero-order valence-corrected chi connectivity index (χ0v) is 22.1. The normalized spacial score (nSPS) is 15.4. The Kier molecular flexibility index (Phi) is 10.5. The van der Waals surface area contributed by atoms with Gasteiger partial charge in [0.1, 0.15) is 23.1 Å². The van der Waals surface area contributed by atoms with Crippen molar-refractivity contribution in [2.75, 3.05) is 44.8 Å². The summed E-state index contributed by atoms with van der Waals surface area (Å²) >= 11 is 0. The smallest absolute Gasteiger partial charge is 0.262 e. The van der Waals surface area contributed by atoms with Crippen LogP contribution in [0.3, 0.4) is 0 Å². The number of fused-ring (bicyclic) bond motifs is 1. The summed E-state index contributed by atoms with van der Waals surface area (Å²) in [6.45, 7) is 2.29. The third-order valence-electron chi connectivity index (χ3n) is 7.26. The maximum absolute atomic E-state index is 13.8.